The molecule has 1 aliphatic rings. The summed E-state index contributed by atoms with van der Waals surface area (Å²) in [6, 6.07) is 14.6. The highest BCUT2D eigenvalue weighted by Crippen LogP contribution is 2.28. The minimum absolute atomic E-state index is 0.0191. The van der Waals surface area contributed by atoms with Gasteiger partial charge in [0.1, 0.15) is 6.29 Å². The van der Waals surface area contributed by atoms with Crippen LogP contribution in [0.4, 0.5) is 4.79 Å². The summed E-state index contributed by atoms with van der Waals surface area (Å²) in [5.41, 5.74) is 1.74. The third kappa shape index (κ3) is 7.71. The lowest BCUT2D eigenvalue weighted by Gasteiger charge is -2.34. The van der Waals surface area contributed by atoms with Crippen LogP contribution in [0.5, 0.6) is 0 Å². The zero-order valence-electron chi connectivity index (χ0n) is 19.7. The lowest BCUT2D eigenvalue weighted by atomic mass is 9.94. The van der Waals surface area contributed by atoms with Crippen molar-refractivity contribution < 1.29 is 19.5 Å². The summed E-state index contributed by atoms with van der Waals surface area (Å²) >= 11 is 12.6. The Morgan fingerprint density at radius 1 is 1.00 bits per heavy atom. The molecule has 0 aromatic heterocycles. The van der Waals surface area contributed by atoms with E-state index in [0.717, 1.165) is 49.5 Å². The molecule has 1 saturated carbocycles. The van der Waals surface area contributed by atoms with Crippen LogP contribution in [0.15, 0.2) is 48.5 Å². The number of carbonyl (C=O) groups is 3. The first-order valence-electron chi connectivity index (χ1n) is 12.1. The predicted molar refractivity (Wildman–Crippen MR) is 138 cm³/mol. The Labute approximate surface area is 216 Å². The Morgan fingerprint density at radius 2 is 1.71 bits per heavy atom. The molecule has 6 nitrogen and oxygen atoms in total. The van der Waals surface area contributed by atoms with Gasteiger partial charge < -0.3 is 19.7 Å². The smallest absolute Gasteiger partial charge is 0.407 e. The number of halogens is 2. The fourth-order valence-electron chi connectivity index (χ4n) is 4.86. The van der Waals surface area contributed by atoms with Gasteiger partial charge in [0.05, 0.1) is 16.6 Å². The number of benzene rings is 2. The normalized spacial score (nSPS) is 14.8. The van der Waals surface area contributed by atoms with Crippen LogP contribution in [0, 0.1) is 0 Å². The highest BCUT2D eigenvalue weighted by molar-refractivity contribution is 6.42. The van der Waals surface area contributed by atoms with Gasteiger partial charge >= 0.3 is 6.09 Å². The fourth-order valence-corrected chi connectivity index (χ4v) is 5.26. The first kappa shape index (κ1) is 27.0. The summed E-state index contributed by atoms with van der Waals surface area (Å²) in [6.45, 7) is 0.0774. The first-order chi connectivity index (χ1) is 16.9. The quantitative estimate of drug-likeness (QED) is 0.377. The topological polar surface area (TPSA) is 77.9 Å². The van der Waals surface area contributed by atoms with Crippen molar-refractivity contribution in [3.05, 3.63) is 69.7 Å². The van der Waals surface area contributed by atoms with Crippen LogP contribution in [0.3, 0.4) is 0 Å². The molecule has 2 aromatic rings. The number of carboxylic acid groups (broad SMARTS) is 1. The molecular formula is C27H32Cl2N2O4. The van der Waals surface area contributed by atoms with Crippen molar-refractivity contribution in [2.75, 3.05) is 13.1 Å². The maximum absolute atomic E-state index is 13.1. The molecule has 188 valence electrons. The van der Waals surface area contributed by atoms with E-state index in [1.807, 2.05) is 36.4 Å². The summed E-state index contributed by atoms with van der Waals surface area (Å²) in [7, 11) is 0. The van der Waals surface area contributed by atoms with Crippen molar-refractivity contribution in [2.24, 2.45) is 0 Å². The van der Waals surface area contributed by atoms with Gasteiger partial charge in [0, 0.05) is 25.0 Å². The molecule has 0 heterocycles. The minimum atomic E-state index is -1.10. The largest absolute Gasteiger partial charge is 0.465 e. The molecular weight excluding hydrogens is 487 g/mol. The SMILES string of the molecule is O=CCN(C(=O)CCN(C(=O)O)C(Cc1ccccc1)Cc1cccc(Cl)c1Cl)C1CCCCC1. The van der Waals surface area contributed by atoms with Crippen LogP contribution >= 0.6 is 23.2 Å². The van der Waals surface area contributed by atoms with Crippen molar-refractivity contribution in [2.45, 2.75) is 63.5 Å². The third-order valence-electron chi connectivity index (χ3n) is 6.66. The van der Waals surface area contributed by atoms with Gasteiger partial charge in [-0.1, -0.05) is 84.9 Å². The van der Waals surface area contributed by atoms with Gasteiger partial charge in [0.15, 0.2) is 0 Å². The van der Waals surface area contributed by atoms with Crippen LogP contribution < -0.4 is 0 Å². The molecule has 1 fully saturated rings. The van der Waals surface area contributed by atoms with E-state index in [0.29, 0.717) is 22.9 Å². The van der Waals surface area contributed by atoms with E-state index in [1.54, 1.807) is 17.0 Å². The van der Waals surface area contributed by atoms with Gasteiger partial charge in [0.25, 0.3) is 0 Å². The Kier molecular flexibility index (Phi) is 10.4. The Morgan fingerprint density at radius 3 is 2.37 bits per heavy atom. The van der Waals surface area contributed by atoms with Crippen molar-refractivity contribution in [1.82, 2.24) is 9.80 Å². The Balaban J connectivity index is 1.79. The van der Waals surface area contributed by atoms with Crippen LogP contribution in [0.2, 0.25) is 10.0 Å². The molecule has 2 aromatic carbocycles. The van der Waals surface area contributed by atoms with Crippen molar-refractivity contribution >= 4 is 41.5 Å². The molecule has 8 heteroatoms. The van der Waals surface area contributed by atoms with Crippen LogP contribution in [-0.4, -0.2) is 58.4 Å². The summed E-state index contributed by atoms with van der Waals surface area (Å²) < 4.78 is 0. The summed E-state index contributed by atoms with van der Waals surface area (Å²) in [5, 5.41) is 10.9. The second-order valence-electron chi connectivity index (χ2n) is 8.99. The number of aldehydes is 1. The number of hydrogen-bond donors (Lipinski definition) is 1. The number of rotatable bonds is 11. The van der Waals surface area contributed by atoms with Crippen LogP contribution in [-0.2, 0) is 22.4 Å². The number of nitrogens with zero attached hydrogens (tertiary/aromatic N) is 2. The van der Waals surface area contributed by atoms with E-state index in [1.165, 1.54) is 4.90 Å². The minimum Gasteiger partial charge on any atom is -0.465 e. The molecule has 0 bridgehead atoms. The zero-order valence-corrected chi connectivity index (χ0v) is 21.3. The average Bonchev–Trinajstić information content (AvgIpc) is 2.86. The molecule has 1 unspecified atom stereocenters. The van der Waals surface area contributed by atoms with Gasteiger partial charge in [-0.25, -0.2) is 4.79 Å². The van der Waals surface area contributed by atoms with Gasteiger partial charge in [-0.2, -0.15) is 0 Å². The van der Waals surface area contributed by atoms with E-state index in [2.05, 4.69) is 0 Å². The van der Waals surface area contributed by atoms with Crippen LogP contribution in [0.1, 0.15) is 49.7 Å². The fraction of sp³-hybridized carbons (Fsp3) is 0.444. The molecule has 0 spiro atoms. The molecule has 1 aliphatic carbocycles. The first-order valence-corrected chi connectivity index (χ1v) is 12.9. The molecule has 1 N–H and O–H groups in total. The Bertz CT molecular complexity index is 996. The van der Waals surface area contributed by atoms with Crippen molar-refractivity contribution in [3.8, 4) is 0 Å². The van der Waals surface area contributed by atoms with E-state index < -0.39 is 12.1 Å². The number of carbonyl (C=O) groups excluding carboxylic acids is 2. The molecule has 0 radical (unpaired) electrons. The van der Waals surface area contributed by atoms with Gasteiger partial charge in [-0.3, -0.25) is 4.79 Å². The average molecular weight is 519 g/mol. The number of hydrogen-bond acceptors (Lipinski definition) is 3. The molecule has 1 atom stereocenters. The van der Waals surface area contributed by atoms with Gasteiger partial charge in [0.2, 0.25) is 5.91 Å². The highest BCUT2D eigenvalue weighted by Gasteiger charge is 2.29. The van der Waals surface area contributed by atoms with Crippen LogP contribution in [0.25, 0.3) is 0 Å². The number of amides is 2. The van der Waals surface area contributed by atoms with Gasteiger partial charge in [-0.15, -0.1) is 0 Å². The maximum Gasteiger partial charge on any atom is 0.407 e. The maximum atomic E-state index is 13.1. The van der Waals surface area contributed by atoms with E-state index in [-0.39, 0.29) is 31.5 Å². The lowest BCUT2D eigenvalue weighted by Crippen LogP contribution is -2.47. The van der Waals surface area contributed by atoms with E-state index in [4.69, 9.17) is 23.2 Å². The summed E-state index contributed by atoms with van der Waals surface area (Å²) in [4.78, 5) is 39.7. The van der Waals surface area contributed by atoms with Crippen molar-refractivity contribution in [1.29, 1.82) is 0 Å². The zero-order chi connectivity index (χ0) is 25.2. The molecule has 3 rings (SSSR count). The summed E-state index contributed by atoms with van der Waals surface area (Å²) in [5.74, 6) is -0.186. The Hall–Kier alpha value is -2.57. The molecule has 0 saturated heterocycles. The molecule has 2 amide bonds. The van der Waals surface area contributed by atoms with Gasteiger partial charge in [-0.05, 0) is 42.9 Å². The van der Waals surface area contributed by atoms with E-state index >= 15 is 0 Å². The second kappa shape index (κ2) is 13.5. The van der Waals surface area contributed by atoms with Crippen molar-refractivity contribution in [3.63, 3.8) is 0 Å². The summed E-state index contributed by atoms with van der Waals surface area (Å²) in [6.07, 6.45) is 5.46. The van der Waals surface area contributed by atoms with E-state index in [9.17, 15) is 19.5 Å². The molecule has 0 aliphatic heterocycles. The highest BCUT2D eigenvalue weighted by atomic mass is 35.5. The third-order valence-corrected chi connectivity index (χ3v) is 7.52. The molecule has 35 heavy (non-hydrogen) atoms. The standard InChI is InChI=1S/C27H32Cl2N2O4/c28-24-13-7-10-21(26(24)29)19-23(18-20-8-3-1-4-9-20)31(27(34)35)15-14-25(33)30(16-17-32)22-11-5-2-6-12-22/h1,3-4,7-10,13,17,22-23H,2,5-6,11-12,14-16,18-19H2,(H,34,35). The lowest BCUT2D eigenvalue weighted by molar-refractivity contribution is -0.136. The predicted octanol–water partition coefficient (Wildman–Crippen LogP) is 5.88. The monoisotopic (exact) mass is 518 g/mol. The second-order valence-corrected chi connectivity index (χ2v) is 9.78.